The summed E-state index contributed by atoms with van der Waals surface area (Å²) in [6.45, 7) is 0.536. The summed E-state index contributed by atoms with van der Waals surface area (Å²) in [4.78, 5) is 12.0. The fraction of sp³-hybridized carbons (Fsp3) is 0.235. The van der Waals surface area contributed by atoms with E-state index in [1.807, 2.05) is 30.3 Å². The topological polar surface area (TPSA) is 59.6 Å². The Hall–Kier alpha value is -2.21. The number of nitrogens with one attached hydrogen (secondary N) is 2. The Labute approximate surface area is 144 Å². The SMILES string of the molecule is COc1ccc(CCNC(=O)Nc2cc(Br)ccc2OC)cc1. The molecule has 2 amide bonds. The van der Waals surface area contributed by atoms with Gasteiger partial charge >= 0.3 is 6.03 Å². The van der Waals surface area contributed by atoms with Crippen molar-refractivity contribution in [3.63, 3.8) is 0 Å². The van der Waals surface area contributed by atoms with E-state index in [-0.39, 0.29) is 6.03 Å². The van der Waals surface area contributed by atoms with Crippen LogP contribution < -0.4 is 20.1 Å². The average Bonchev–Trinajstić information content (AvgIpc) is 2.56. The quantitative estimate of drug-likeness (QED) is 0.802. The van der Waals surface area contributed by atoms with Crippen LogP contribution in [0.4, 0.5) is 10.5 Å². The molecule has 2 rings (SSSR count). The summed E-state index contributed by atoms with van der Waals surface area (Å²) in [6, 6.07) is 12.9. The molecule has 5 nitrogen and oxygen atoms in total. The number of carbonyl (C=O) groups is 1. The summed E-state index contributed by atoms with van der Waals surface area (Å²) >= 11 is 3.37. The molecule has 0 saturated carbocycles. The Kier molecular flexibility index (Phi) is 6.29. The van der Waals surface area contributed by atoms with Crippen molar-refractivity contribution in [2.24, 2.45) is 0 Å². The fourth-order valence-electron chi connectivity index (χ4n) is 2.06. The third kappa shape index (κ3) is 5.17. The van der Waals surface area contributed by atoms with Crippen molar-refractivity contribution < 1.29 is 14.3 Å². The van der Waals surface area contributed by atoms with E-state index in [1.54, 1.807) is 26.4 Å². The molecule has 2 aromatic rings. The summed E-state index contributed by atoms with van der Waals surface area (Å²) in [6.07, 6.45) is 0.743. The lowest BCUT2D eigenvalue weighted by Gasteiger charge is -2.11. The highest BCUT2D eigenvalue weighted by Crippen LogP contribution is 2.27. The average molecular weight is 379 g/mol. The molecule has 2 N–H and O–H groups in total. The van der Waals surface area contributed by atoms with E-state index in [0.29, 0.717) is 18.0 Å². The first kappa shape index (κ1) is 17.1. The Balaban J connectivity index is 1.84. The van der Waals surface area contributed by atoms with E-state index in [1.165, 1.54) is 0 Å². The van der Waals surface area contributed by atoms with Crippen molar-refractivity contribution in [1.29, 1.82) is 0 Å². The normalized spacial score (nSPS) is 10.0. The molecule has 0 fully saturated rings. The number of methoxy groups -OCH3 is 2. The second-order valence-electron chi connectivity index (χ2n) is 4.82. The summed E-state index contributed by atoms with van der Waals surface area (Å²) in [5.41, 5.74) is 1.75. The number of carbonyl (C=O) groups excluding carboxylic acids is 1. The van der Waals surface area contributed by atoms with Crippen LogP contribution in [0, 0.1) is 0 Å². The fourth-order valence-corrected chi connectivity index (χ4v) is 2.42. The van der Waals surface area contributed by atoms with Crippen LogP contribution in [0.1, 0.15) is 5.56 Å². The van der Waals surface area contributed by atoms with Gasteiger partial charge in [0.25, 0.3) is 0 Å². The lowest BCUT2D eigenvalue weighted by molar-refractivity contribution is 0.252. The molecule has 0 heterocycles. The maximum Gasteiger partial charge on any atom is 0.319 e. The number of hydrogen-bond donors (Lipinski definition) is 2. The van der Waals surface area contributed by atoms with Crippen LogP contribution in [0.2, 0.25) is 0 Å². The molecule has 23 heavy (non-hydrogen) atoms. The third-order valence-corrected chi connectivity index (χ3v) is 3.76. The van der Waals surface area contributed by atoms with Crippen molar-refractivity contribution in [2.45, 2.75) is 6.42 Å². The highest BCUT2D eigenvalue weighted by atomic mass is 79.9. The van der Waals surface area contributed by atoms with Crippen molar-refractivity contribution in [1.82, 2.24) is 5.32 Å². The smallest absolute Gasteiger partial charge is 0.319 e. The first-order chi connectivity index (χ1) is 11.1. The predicted octanol–water partition coefficient (Wildman–Crippen LogP) is 3.83. The Morgan fingerprint density at radius 2 is 1.83 bits per heavy atom. The maximum atomic E-state index is 12.0. The second kappa shape index (κ2) is 8.43. The Morgan fingerprint density at radius 1 is 1.09 bits per heavy atom. The molecule has 0 atom stereocenters. The number of amides is 2. The lowest BCUT2D eigenvalue weighted by Crippen LogP contribution is -2.30. The van der Waals surface area contributed by atoms with Crippen molar-refractivity contribution in [3.8, 4) is 11.5 Å². The van der Waals surface area contributed by atoms with Gasteiger partial charge in [-0.15, -0.1) is 0 Å². The van der Waals surface area contributed by atoms with Gasteiger partial charge in [0.15, 0.2) is 0 Å². The zero-order valence-electron chi connectivity index (χ0n) is 13.1. The summed E-state index contributed by atoms with van der Waals surface area (Å²) < 4.78 is 11.2. The van der Waals surface area contributed by atoms with Crippen LogP contribution in [-0.2, 0) is 6.42 Å². The second-order valence-corrected chi connectivity index (χ2v) is 5.74. The molecule has 0 aromatic heterocycles. The van der Waals surface area contributed by atoms with Gasteiger partial charge < -0.3 is 20.1 Å². The highest BCUT2D eigenvalue weighted by molar-refractivity contribution is 9.10. The first-order valence-electron chi connectivity index (χ1n) is 7.13. The van der Waals surface area contributed by atoms with E-state index in [0.717, 1.165) is 22.2 Å². The molecule has 0 aliphatic rings. The highest BCUT2D eigenvalue weighted by Gasteiger charge is 2.07. The van der Waals surface area contributed by atoms with E-state index < -0.39 is 0 Å². The van der Waals surface area contributed by atoms with Gasteiger partial charge in [-0.25, -0.2) is 4.79 Å². The zero-order valence-corrected chi connectivity index (χ0v) is 14.6. The number of rotatable bonds is 6. The van der Waals surface area contributed by atoms with E-state index >= 15 is 0 Å². The van der Waals surface area contributed by atoms with Gasteiger partial charge in [0.2, 0.25) is 0 Å². The number of benzene rings is 2. The van der Waals surface area contributed by atoms with E-state index in [2.05, 4.69) is 26.6 Å². The van der Waals surface area contributed by atoms with Crippen LogP contribution in [0.25, 0.3) is 0 Å². The first-order valence-corrected chi connectivity index (χ1v) is 7.93. The predicted molar refractivity (Wildman–Crippen MR) is 94.4 cm³/mol. The number of hydrogen-bond acceptors (Lipinski definition) is 3. The van der Waals surface area contributed by atoms with Crippen LogP contribution in [0.3, 0.4) is 0 Å². The Bertz CT molecular complexity index is 659. The summed E-state index contributed by atoms with van der Waals surface area (Å²) in [5.74, 6) is 1.43. The standard InChI is InChI=1S/C17H19BrN2O3/c1-22-14-6-3-12(4-7-14)9-10-19-17(21)20-15-11-13(18)5-8-16(15)23-2/h3-8,11H,9-10H2,1-2H3,(H2,19,20,21). The van der Waals surface area contributed by atoms with Gasteiger partial charge in [-0.1, -0.05) is 28.1 Å². The number of urea groups is 1. The van der Waals surface area contributed by atoms with Crippen molar-refractivity contribution in [2.75, 3.05) is 26.1 Å². The lowest BCUT2D eigenvalue weighted by atomic mass is 10.1. The minimum absolute atomic E-state index is 0.269. The largest absolute Gasteiger partial charge is 0.497 e. The number of halogens is 1. The summed E-state index contributed by atoms with van der Waals surface area (Å²) in [7, 11) is 3.20. The molecule has 6 heteroatoms. The van der Waals surface area contributed by atoms with Crippen molar-refractivity contribution >= 4 is 27.6 Å². The molecule has 2 aromatic carbocycles. The molecule has 0 bridgehead atoms. The molecule has 0 aliphatic heterocycles. The maximum absolute atomic E-state index is 12.0. The van der Waals surface area contributed by atoms with Gasteiger partial charge in [0.05, 0.1) is 19.9 Å². The molecule has 122 valence electrons. The summed E-state index contributed by atoms with van der Waals surface area (Å²) in [5, 5.41) is 5.61. The van der Waals surface area contributed by atoms with Crippen LogP contribution in [-0.4, -0.2) is 26.8 Å². The van der Waals surface area contributed by atoms with Gasteiger partial charge in [0.1, 0.15) is 11.5 Å². The number of anilines is 1. The van der Waals surface area contributed by atoms with Gasteiger partial charge in [0, 0.05) is 11.0 Å². The number of ether oxygens (including phenoxy) is 2. The zero-order chi connectivity index (χ0) is 16.7. The third-order valence-electron chi connectivity index (χ3n) is 3.27. The minimum atomic E-state index is -0.269. The van der Waals surface area contributed by atoms with Gasteiger partial charge in [-0.05, 0) is 42.3 Å². The van der Waals surface area contributed by atoms with Crippen molar-refractivity contribution in [3.05, 3.63) is 52.5 Å². The Morgan fingerprint density at radius 3 is 2.48 bits per heavy atom. The minimum Gasteiger partial charge on any atom is -0.497 e. The van der Waals surface area contributed by atoms with Crippen LogP contribution in [0.15, 0.2) is 46.9 Å². The molecule has 0 unspecified atom stereocenters. The van der Waals surface area contributed by atoms with E-state index in [4.69, 9.17) is 9.47 Å². The molecule has 0 saturated heterocycles. The molecular formula is C17H19BrN2O3. The van der Waals surface area contributed by atoms with E-state index in [9.17, 15) is 4.79 Å². The monoisotopic (exact) mass is 378 g/mol. The molecule has 0 spiro atoms. The molecule has 0 aliphatic carbocycles. The van der Waals surface area contributed by atoms with Gasteiger partial charge in [-0.2, -0.15) is 0 Å². The molecular weight excluding hydrogens is 360 g/mol. The molecule has 0 radical (unpaired) electrons. The van der Waals surface area contributed by atoms with Gasteiger partial charge in [-0.3, -0.25) is 0 Å². The van der Waals surface area contributed by atoms with Crippen LogP contribution >= 0.6 is 15.9 Å². The van der Waals surface area contributed by atoms with Crippen LogP contribution in [0.5, 0.6) is 11.5 Å².